The highest BCUT2D eigenvalue weighted by molar-refractivity contribution is 5.81. The standard InChI is InChI=1S/C14H21N3O2/c1-16-14(18)13-10-19-9-8-17(13)7-6-11-4-2-3-5-12(11)15/h2-5,13H,6-10,15H2,1H3,(H,16,18). The molecule has 1 amide bonds. The van der Waals surface area contributed by atoms with Gasteiger partial charge in [0.15, 0.2) is 0 Å². The van der Waals surface area contributed by atoms with Gasteiger partial charge in [-0.25, -0.2) is 0 Å². The maximum absolute atomic E-state index is 11.8. The van der Waals surface area contributed by atoms with Gasteiger partial charge in [0, 0.05) is 25.8 Å². The van der Waals surface area contributed by atoms with Gasteiger partial charge in [-0.1, -0.05) is 18.2 Å². The van der Waals surface area contributed by atoms with Crippen molar-refractivity contribution in [1.82, 2.24) is 10.2 Å². The lowest BCUT2D eigenvalue weighted by Crippen LogP contribution is -2.53. The van der Waals surface area contributed by atoms with Gasteiger partial charge in [-0.3, -0.25) is 9.69 Å². The normalized spacial score (nSPS) is 20.2. The van der Waals surface area contributed by atoms with Crippen LogP contribution in [0, 0.1) is 0 Å². The number of nitrogen functional groups attached to an aromatic ring is 1. The largest absolute Gasteiger partial charge is 0.399 e. The van der Waals surface area contributed by atoms with Gasteiger partial charge in [0.25, 0.3) is 0 Å². The molecule has 1 saturated heterocycles. The molecule has 1 atom stereocenters. The molecule has 0 spiro atoms. The lowest BCUT2D eigenvalue weighted by atomic mass is 10.1. The van der Waals surface area contributed by atoms with Gasteiger partial charge in [-0.2, -0.15) is 0 Å². The van der Waals surface area contributed by atoms with Crippen molar-refractivity contribution in [3.63, 3.8) is 0 Å². The summed E-state index contributed by atoms with van der Waals surface area (Å²) >= 11 is 0. The van der Waals surface area contributed by atoms with Gasteiger partial charge < -0.3 is 15.8 Å². The Balaban J connectivity index is 1.96. The number of ether oxygens (including phenoxy) is 1. The van der Waals surface area contributed by atoms with Crippen LogP contribution in [-0.2, 0) is 16.0 Å². The second-order valence-electron chi connectivity index (χ2n) is 4.69. The van der Waals surface area contributed by atoms with E-state index in [1.54, 1.807) is 7.05 Å². The van der Waals surface area contributed by atoms with Gasteiger partial charge in [0.1, 0.15) is 6.04 Å². The minimum Gasteiger partial charge on any atom is -0.399 e. The third-order valence-electron chi connectivity index (χ3n) is 3.51. The minimum absolute atomic E-state index is 0.0146. The second kappa shape index (κ2) is 6.54. The number of hydrogen-bond acceptors (Lipinski definition) is 4. The van der Waals surface area contributed by atoms with E-state index in [0.29, 0.717) is 13.2 Å². The molecule has 0 saturated carbocycles. The lowest BCUT2D eigenvalue weighted by molar-refractivity contribution is -0.131. The fourth-order valence-corrected chi connectivity index (χ4v) is 2.34. The van der Waals surface area contributed by atoms with E-state index in [-0.39, 0.29) is 11.9 Å². The number of carbonyl (C=O) groups excluding carboxylic acids is 1. The first-order valence-corrected chi connectivity index (χ1v) is 6.59. The number of benzene rings is 1. The number of carbonyl (C=O) groups is 1. The summed E-state index contributed by atoms with van der Waals surface area (Å²) in [6.45, 7) is 2.74. The van der Waals surface area contributed by atoms with Crippen molar-refractivity contribution in [3.05, 3.63) is 29.8 Å². The van der Waals surface area contributed by atoms with Crippen LogP contribution in [0.25, 0.3) is 0 Å². The molecule has 1 heterocycles. The Bertz CT molecular complexity index is 436. The van der Waals surface area contributed by atoms with Gasteiger partial charge in [0.05, 0.1) is 13.2 Å². The number of anilines is 1. The molecule has 2 rings (SSSR count). The van der Waals surface area contributed by atoms with E-state index < -0.39 is 0 Å². The van der Waals surface area contributed by atoms with E-state index in [1.165, 1.54) is 0 Å². The maximum atomic E-state index is 11.8. The zero-order chi connectivity index (χ0) is 13.7. The minimum atomic E-state index is -0.191. The SMILES string of the molecule is CNC(=O)C1COCCN1CCc1ccccc1N. The molecule has 1 fully saturated rings. The van der Waals surface area contributed by atoms with Gasteiger partial charge in [-0.15, -0.1) is 0 Å². The quantitative estimate of drug-likeness (QED) is 0.765. The second-order valence-corrected chi connectivity index (χ2v) is 4.69. The number of rotatable bonds is 4. The molecule has 0 radical (unpaired) electrons. The van der Waals surface area contributed by atoms with E-state index >= 15 is 0 Å². The monoisotopic (exact) mass is 263 g/mol. The Morgan fingerprint density at radius 2 is 2.32 bits per heavy atom. The predicted molar refractivity (Wildman–Crippen MR) is 74.8 cm³/mol. The van der Waals surface area contributed by atoms with Crippen molar-refractivity contribution in [3.8, 4) is 0 Å². The van der Waals surface area contributed by atoms with Crippen LogP contribution in [0.2, 0.25) is 0 Å². The number of nitrogens with zero attached hydrogens (tertiary/aromatic N) is 1. The highest BCUT2D eigenvalue weighted by Gasteiger charge is 2.28. The first-order chi connectivity index (χ1) is 9.22. The first kappa shape index (κ1) is 13.8. The molecule has 1 aromatic rings. The number of nitrogens with two attached hydrogens (primary N) is 1. The molecule has 1 aromatic carbocycles. The highest BCUT2D eigenvalue weighted by atomic mass is 16.5. The van der Waals surface area contributed by atoms with E-state index in [2.05, 4.69) is 10.2 Å². The molecular formula is C14H21N3O2. The van der Waals surface area contributed by atoms with Crippen LogP contribution in [0.4, 0.5) is 5.69 Å². The Labute approximate surface area is 113 Å². The summed E-state index contributed by atoms with van der Waals surface area (Å²) < 4.78 is 5.38. The lowest BCUT2D eigenvalue weighted by Gasteiger charge is -2.34. The molecule has 1 aliphatic rings. The van der Waals surface area contributed by atoms with Gasteiger partial charge in [-0.05, 0) is 18.1 Å². The summed E-state index contributed by atoms with van der Waals surface area (Å²) in [6, 6.07) is 7.67. The van der Waals surface area contributed by atoms with Gasteiger partial charge >= 0.3 is 0 Å². The van der Waals surface area contributed by atoms with E-state index in [9.17, 15) is 4.79 Å². The maximum Gasteiger partial charge on any atom is 0.239 e. The fraction of sp³-hybridized carbons (Fsp3) is 0.500. The van der Waals surface area contributed by atoms with E-state index in [4.69, 9.17) is 10.5 Å². The zero-order valence-corrected chi connectivity index (χ0v) is 11.3. The highest BCUT2D eigenvalue weighted by Crippen LogP contribution is 2.14. The molecule has 5 nitrogen and oxygen atoms in total. The molecule has 0 aromatic heterocycles. The summed E-state index contributed by atoms with van der Waals surface area (Å²) in [5.41, 5.74) is 7.88. The number of morpholine rings is 1. The topological polar surface area (TPSA) is 67.6 Å². The molecular weight excluding hydrogens is 242 g/mol. The van der Waals surface area contributed by atoms with Crippen LogP contribution in [-0.4, -0.2) is 50.2 Å². The van der Waals surface area contributed by atoms with Crippen LogP contribution < -0.4 is 11.1 Å². The Morgan fingerprint density at radius 1 is 1.53 bits per heavy atom. The Hall–Kier alpha value is -1.59. The molecule has 0 bridgehead atoms. The molecule has 3 N–H and O–H groups in total. The number of para-hydroxylation sites is 1. The van der Waals surface area contributed by atoms with E-state index in [0.717, 1.165) is 30.8 Å². The van der Waals surface area contributed by atoms with E-state index in [1.807, 2.05) is 24.3 Å². The van der Waals surface area contributed by atoms with Crippen LogP contribution in [0.15, 0.2) is 24.3 Å². The summed E-state index contributed by atoms with van der Waals surface area (Å²) in [4.78, 5) is 14.0. The van der Waals surface area contributed by atoms with Crippen molar-refractivity contribution >= 4 is 11.6 Å². The molecule has 1 unspecified atom stereocenters. The van der Waals surface area contributed by atoms with Crippen LogP contribution >= 0.6 is 0 Å². The number of nitrogens with one attached hydrogen (secondary N) is 1. The first-order valence-electron chi connectivity index (χ1n) is 6.59. The molecule has 5 heteroatoms. The Morgan fingerprint density at radius 3 is 3.05 bits per heavy atom. The van der Waals surface area contributed by atoms with Gasteiger partial charge in [0.2, 0.25) is 5.91 Å². The van der Waals surface area contributed by atoms with Crippen LogP contribution in [0.3, 0.4) is 0 Å². The summed E-state index contributed by atoms with van der Waals surface area (Å²) in [7, 11) is 1.66. The fourth-order valence-electron chi connectivity index (χ4n) is 2.34. The number of hydrogen-bond donors (Lipinski definition) is 2. The summed E-state index contributed by atoms with van der Waals surface area (Å²) in [6.07, 6.45) is 0.847. The third-order valence-corrected chi connectivity index (χ3v) is 3.51. The number of amides is 1. The van der Waals surface area contributed by atoms with Crippen molar-refractivity contribution < 1.29 is 9.53 Å². The third kappa shape index (κ3) is 3.45. The zero-order valence-electron chi connectivity index (χ0n) is 11.3. The molecule has 1 aliphatic heterocycles. The van der Waals surface area contributed by atoms with Crippen LogP contribution in [0.5, 0.6) is 0 Å². The molecule has 104 valence electrons. The van der Waals surface area contributed by atoms with Crippen molar-refractivity contribution in [2.45, 2.75) is 12.5 Å². The average Bonchev–Trinajstić information content (AvgIpc) is 2.46. The number of likely N-dealkylation sites (N-methyl/N-ethyl adjacent to an activating group) is 1. The molecule has 19 heavy (non-hydrogen) atoms. The Kier molecular flexibility index (Phi) is 4.76. The van der Waals surface area contributed by atoms with Crippen molar-refractivity contribution in [2.75, 3.05) is 39.1 Å². The average molecular weight is 263 g/mol. The van der Waals surface area contributed by atoms with Crippen molar-refractivity contribution in [2.24, 2.45) is 0 Å². The van der Waals surface area contributed by atoms with Crippen molar-refractivity contribution in [1.29, 1.82) is 0 Å². The summed E-state index contributed by atoms with van der Waals surface area (Å²) in [5, 5.41) is 2.69. The summed E-state index contributed by atoms with van der Waals surface area (Å²) in [5.74, 6) is 0.0146. The predicted octanol–water partition coefficient (Wildman–Crippen LogP) is 0.258. The van der Waals surface area contributed by atoms with Crippen LogP contribution in [0.1, 0.15) is 5.56 Å². The smallest absolute Gasteiger partial charge is 0.239 e. The molecule has 0 aliphatic carbocycles.